The maximum absolute atomic E-state index is 8.39. The van der Waals surface area contributed by atoms with Crippen LogP contribution in [0.1, 0.15) is 26.2 Å². The van der Waals surface area contributed by atoms with Gasteiger partial charge in [0.1, 0.15) is 6.61 Å². The van der Waals surface area contributed by atoms with Crippen molar-refractivity contribution in [3.8, 4) is 0 Å². The zero-order valence-electron chi connectivity index (χ0n) is 6.42. The Bertz CT molecular complexity index is 83.7. The molecule has 0 aliphatic carbocycles. The van der Waals surface area contributed by atoms with Crippen molar-refractivity contribution < 1.29 is 9.94 Å². The molecule has 0 saturated carbocycles. The van der Waals surface area contributed by atoms with Crippen molar-refractivity contribution in [1.82, 2.24) is 0 Å². The largest absolute Gasteiger partial charge is 0.396 e. The lowest BCUT2D eigenvalue weighted by atomic mass is 10.3. The number of rotatable bonds is 6. The molecule has 0 aromatic carbocycles. The quantitative estimate of drug-likeness (QED) is 0.346. The Morgan fingerprint density at radius 2 is 2.30 bits per heavy atom. The smallest absolute Gasteiger partial charge is 0.114 e. The molecule has 0 aromatic rings. The first-order valence-electron chi connectivity index (χ1n) is 3.66. The van der Waals surface area contributed by atoms with E-state index in [-0.39, 0.29) is 6.61 Å². The first-order valence-corrected chi connectivity index (χ1v) is 3.66. The fraction of sp³-hybridized carbons (Fsp3) is 0.857. The monoisotopic (exact) mass is 145 g/mol. The van der Waals surface area contributed by atoms with Crippen molar-refractivity contribution in [3.63, 3.8) is 0 Å². The van der Waals surface area contributed by atoms with E-state index in [2.05, 4.69) is 5.16 Å². The van der Waals surface area contributed by atoms with E-state index in [0.29, 0.717) is 6.61 Å². The van der Waals surface area contributed by atoms with Crippen molar-refractivity contribution in [2.45, 2.75) is 26.2 Å². The molecule has 0 atom stereocenters. The van der Waals surface area contributed by atoms with Crippen LogP contribution in [0.2, 0.25) is 0 Å². The van der Waals surface area contributed by atoms with E-state index in [0.717, 1.165) is 19.3 Å². The normalized spacial score (nSPS) is 10.6. The average Bonchev–Trinajstić information content (AvgIpc) is 1.97. The molecule has 0 aliphatic rings. The molecule has 0 aliphatic heterocycles. The summed E-state index contributed by atoms with van der Waals surface area (Å²) >= 11 is 0. The first-order chi connectivity index (χ1) is 4.91. The van der Waals surface area contributed by atoms with Crippen LogP contribution in [0.25, 0.3) is 0 Å². The topological polar surface area (TPSA) is 41.8 Å². The maximum atomic E-state index is 8.39. The summed E-state index contributed by atoms with van der Waals surface area (Å²) in [5, 5.41) is 12.0. The molecule has 0 bridgehead atoms. The van der Waals surface area contributed by atoms with Crippen molar-refractivity contribution in [1.29, 1.82) is 0 Å². The summed E-state index contributed by atoms with van der Waals surface area (Å²) in [6.45, 7) is 2.78. The third-order valence-electron chi connectivity index (χ3n) is 1.02. The number of unbranched alkanes of at least 4 members (excludes halogenated alkanes) is 2. The van der Waals surface area contributed by atoms with Crippen molar-refractivity contribution in [3.05, 3.63) is 0 Å². The van der Waals surface area contributed by atoms with E-state index in [1.165, 1.54) is 0 Å². The molecule has 0 heterocycles. The summed E-state index contributed by atoms with van der Waals surface area (Å²) in [5.74, 6) is 0. The Balaban J connectivity index is 2.88. The van der Waals surface area contributed by atoms with E-state index in [4.69, 9.17) is 9.94 Å². The Labute approximate surface area is 61.7 Å². The predicted molar refractivity (Wildman–Crippen MR) is 41.1 cm³/mol. The first kappa shape index (κ1) is 9.43. The molecule has 0 spiro atoms. The Kier molecular flexibility index (Phi) is 7.95. The van der Waals surface area contributed by atoms with Gasteiger partial charge < -0.3 is 9.94 Å². The van der Waals surface area contributed by atoms with Gasteiger partial charge in [-0.2, -0.15) is 0 Å². The van der Waals surface area contributed by atoms with Gasteiger partial charge >= 0.3 is 0 Å². The fourth-order valence-corrected chi connectivity index (χ4v) is 0.527. The standard InChI is InChI=1S/C7H15NO2/c1-2-10-8-6-4-3-5-7-9/h6,9H,2-5,7H2,1H3/b8-6+. The second-order valence-electron chi connectivity index (χ2n) is 1.93. The van der Waals surface area contributed by atoms with Gasteiger partial charge in [0.25, 0.3) is 0 Å². The van der Waals surface area contributed by atoms with Crippen molar-refractivity contribution in [2.24, 2.45) is 5.16 Å². The molecule has 60 valence electrons. The van der Waals surface area contributed by atoms with Crippen LogP contribution in [-0.2, 0) is 4.84 Å². The highest BCUT2D eigenvalue weighted by molar-refractivity contribution is 5.56. The van der Waals surface area contributed by atoms with Gasteiger partial charge in [-0.05, 0) is 26.2 Å². The van der Waals surface area contributed by atoms with Crippen LogP contribution < -0.4 is 0 Å². The van der Waals surface area contributed by atoms with Crippen molar-refractivity contribution in [2.75, 3.05) is 13.2 Å². The lowest BCUT2D eigenvalue weighted by molar-refractivity contribution is 0.159. The molecule has 3 heteroatoms. The minimum atomic E-state index is 0.266. The number of hydrogen-bond donors (Lipinski definition) is 1. The van der Waals surface area contributed by atoms with Gasteiger partial charge in [0.2, 0.25) is 0 Å². The van der Waals surface area contributed by atoms with Crippen LogP contribution in [-0.4, -0.2) is 24.5 Å². The highest BCUT2D eigenvalue weighted by atomic mass is 16.6. The molecule has 10 heavy (non-hydrogen) atoms. The molecule has 0 saturated heterocycles. The molecule has 0 amide bonds. The molecule has 0 radical (unpaired) electrons. The summed E-state index contributed by atoms with van der Waals surface area (Å²) in [4.78, 5) is 4.72. The summed E-state index contributed by atoms with van der Waals surface area (Å²) < 4.78 is 0. The SMILES string of the molecule is CCO/N=C/CCCCO. The lowest BCUT2D eigenvalue weighted by Gasteiger charge is -1.91. The Morgan fingerprint density at radius 3 is 2.90 bits per heavy atom. The summed E-state index contributed by atoms with van der Waals surface area (Å²) in [7, 11) is 0. The molecule has 0 fully saturated rings. The molecule has 0 rings (SSSR count). The molecular formula is C7H15NO2. The van der Waals surface area contributed by atoms with Gasteiger partial charge in [-0.3, -0.25) is 0 Å². The molecule has 3 nitrogen and oxygen atoms in total. The number of hydrogen-bond acceptors (Lipinski definition) is 3. The van der Waals surface area contributed by atoms with Crippen molar-refractivity contribution >= 4 is 6.21 Å². The van der Waals surface area contributed by atoms with E-state index in [1.807, 2.05) is 6.92 Å². The molecule has 0 aromatic heterocycles. The van der Waals surface area contributed by atoms with Crippen LogP contribution in [0.4, 0.5) is 0 Å². The summed E-state index contributed by atoms with van der Waals surface area (Å²) in [5.41, 5.74) is 0. The Hall–Kier alpha value is -0.570. The number of nitrogens with zero attached hydrogens (tertiary/aromatic N) is 1. The average molecular weight is 145 g/mol. The maximum Gasteiger partial charge on any atom is 0.114 e. The van der Waals surface area contributed by atoms with Gasteiger partial charge in [0.15, 0.2) is 0 Å². The van der Waals surface area contributed by atoms with Gasteiger partial charge in [-0.25, -0.2) is 0 Å². The fourth-order valence-electron chi connectivity index (χ4n) is 0.527. The number of aliphatic hydroxyl groups is 1. The zero-order chi connectivity index (χ0) is 7.66. The minimum absolute atomic E-state index is 0.266. The second-order valence-corrected chi connectivity index (χ2v) is 1.93. The molecular weight excluding hydrogens is 130 g/mol. The van der Waals surface area contributed by atoms with Crippen LogP contribution in [0.15, 0.2) is 5.16 Å². The molecule has 1 N–H and O–H groups in total. The highest BCUT2D eigenvalue weighted by Gasteiger charge is 1.82. The van der Waals surface area contributed by atoms with Crippen LogP contribution in [0.5, 0.6) is 0 Å². The van der Waals surface area contributed by atoms with Gasteiger partial charge in [-0.15, -0.1) is 0 Å². The number of aliphatic hydroxyl groups excluding tert-OH is 1. The summed E-state index contributed by atoms with van der Waals surface area (Å²) in [6.07, 6.45) is 4.45. The number of oxime groups is 1. The zero-order valence-corrected chi connectivity index (χ0v) is 6.42. The predicted octanol–water partition coefficient (Wildman–Crippen LogP) is 1.17. The van der Waals surface area contributed by atoms with E-state index in [9.17, 15) is 0 Å². The summed E-state index contributed by atoms with van der Waals surface area (Å²) in [6, 6.07) is 0. The second kappa shape index (κ2) is 8.43. The van der Waals surface area contributed by atoms with E-state index in [1.54, 1.807) is 6.21 Å². The van der Waals surface area contributed by atoms with Crippen LogP contribution in [0, 0.1) is 0 Å². The minimum Gasteiger partial charge on any atom is -0.396 e. The van der Waals surface area contributed by atoms with E-state index < -0.39 is 0 Å². The lowest BCUT2D eigenvalue weighted by Crippen LogP contribution is -1.85. The third kappa shape index (κ3) is 7.43. The van der Waals surface area contributed by atoms with Gasteiger partial charge in [0.05, 0.1) is 0 Å². The highest BCUT2D eigenvalue weighted by Crippen LogP contribution is 1.90. The molecule has 0 unspecified atom stereocenters. The van der Waals surface area contributed by atoms with Gasteiger partial charge in [-0.1, -0.05) is 5.16 Å². The van der Waals surface area contributed by atoms with Crippen LogP contribution >= 0.6 is 0 Å². The van der Waals surface area contributed by atoms with Gasteiger partial charge in [0, 0.05) is 12.8 Å². The van der Waals surface area contributed by atoms with Crippen LogP contribution in [0.3, 0.4) is 0 Å². The third-order valence-corrected chi connectivity index (χ3v) is 1.02. The van der Waals surface area contributed by atoms with E-state index >= 15 is 0 Å². The Morgan fingerprint density at radius 1 is 1.50 bits per heavy atom.